The number of aliphatic carboxylic acids is 1. The number of rotatable bonds is 3. The van der Waals surface area contributed by atoms with Crippen LogP contribution in [0.3, 0.4) is 0 Å². The minimum absolute atomic E-state index is 0.0639. The number of nitrogens with zero attached hydrogens (tertiary/aromatic N) is 2. The molecule has 108 valence electrons. The number of aromatic hydroxyl groups is 1. The maximum Gasteiger partial charge on any atom is 0.320 e. The van der Waals surface area contributed by atoms with Crippen LogP contribution in [-0.2, 0) is 4.79 Å². The van der Waals surface area contributed by atoms with Crippen LogP contribution < -0.4 is 0 Å². The highest BCUT2D eigenvalue weighted by molar-refractivity contribution is 5.94. The molecule has 0 saturated carbocycles. The molecule has 1 fully saturated rings. The van der Waals surface area contributed by atoms with E-state index in [0.29, 0.717) is 31.7 Å². The molecule has 2 rings (SSSR count). The van der Waals surface area contributed by atoms with E-state index in [0.717, 1.165) is 0 Å². The number of carbonyl (C=O) groups is 2. The summed E-state index contributed by atoms with van der Waals surface area (Å²) in [6.07, 6.45) is 0. The molecule has 1 unspecified atom stereocenters. The average molecular weight is 278 g/mol. The summed E-state index contributed by atoms with van der Waals surface area (Å²) in [5.41, 5.74) is 0.449. The Morgan fingerprint density at radius 1 is 1.20 bits per heavy atom. The Hall–Kier alpha value is -2.08. The van der Waals surface area contributed by atoms with Gasteiger partial charge in [-0.15, -0.1) is 0 Å². The molecule has 1 amide bonds. The van der Waals surface area contributed by atoms with Gasteiger partial charge in [0.1, 0.15) is 11.8 Å². The van der Waals surface area contributed by atoms with Crippen LogP contribution in [0.15, 0.2) is 24.3 Å². The zero-order valence-electron chi connectivity index (χ0n) is 11.3. The Morgan fingerprint density at radius 3 is 2.40 bits per heavy atom. The molecular formula is C14H18N2O4. The number of carboxylic acids is 1. The minimum Gasteiger partial charge on any atom is -0.508 e. The lowest BCUT2D eigenvalue weighted by molar-refractivity contribution is -0.143. The van der Waals surface area contributed by atoms with Crippen molar-refractivity contribution in [3.8, 4) is 5.75 Å². The van der Waals surface area contributed by atoms with Gasteiger partial charge in [-0.25, -0.2) is 0 Å². The fourth-order valence-corrected chi connectivity index (χ4v) is 2.29. The summed E-state index contributed by atoms with van der Waals surface area (Å²) in [6, 6.07) is 5.71. The van der Waals surface area contributed by atoms with E-state index in [9.17, 15) is 14.7 Å². The van der Waals surface area contributed by atoms with Crippen molar-refractivity contribution in [2.75, 3.05) is 26.2 Å². The van der Waals surface area contributed by atoms with E-state index in [1.807, 2.05) is 4.90 Å². The molecule has 1 aliphatic heterocycles. The fourth-order valence-electron chi connectivity index (χ4n) is 2.29. The van der Waals surface area contributed by atoms with Crippen LogP contribution in [-0.4, -0.2) is 64.1 Å². The lowest BCUT2D eigenvalue weighted by atomic mass is 10.1. The van der Waals surface area contributed by atoms with Crippen LogP contribution in [0, 0.1) is 0 Å². The molecule has 6 heteroatoms. The molecule has 0 radical (unpaired) electrons. The second-order valence-corrected chi connectivity index (χ2v) is 4.89. The molecule has 1 atom stereocenters. The molecule has 1 heterocycles. The van der Waals surface area contributed by atoms with Gasteiger partial charge in [-0.1, -0.05) is 6.07 Å². The Morgan fingerprint density at radius 2 is 1.85 bits per heavy atom. The first-order valence-corrected chi connectivity index (χ1v) is 6.54. The number of piperazine rings is 1. The predicted octanol–water partition coefficient (Wildman–Crippen LogP) is 0.623. The number of amides is 1. The molecule has 1 aromatic carbocycles. The number of hydrogen-bond donors (Lipinski definition) is 2. The van der Waals surface area contributed by atoms with Gasteiger partial charge in [0, 0.05) is 31.7 Å². The molecule has 1 aliphatic rings. The van der Waals surface area contributed by atoms with Crippen LogP contribution in [0.2, 0.25) is 0 Å². The van der Waals surface area contributed by atoms with Gasteiger partial charge in [0.2, 0.25) is 0 Å². The van der Waals surface area contributed by atoms with E-state index < -0.39 is 12.0 Å². The van der Waals surface area contributed by atoms with Crippen molar-refractivity contribution in [3.05, 3.63) is 29.8 Å². The normalized spacial score (nSPS) is 17.8. The highest BCUT2D eigenvalue weighted by atomic mass is 16.4. The van der Waals surface area contributed by atoms with Gasteiger partial charge in [-0.3, -0.25) is 14.5 Å². The van der Waals surface area contributed by atoms with Gasteiger partial charge in [0.05, 0.1) is 0 Å². The third-order valence-electron chi connectivity index (χ3n) is 3.60. The summed E-state index contributed by atoms with van der Waals surface area (Å²) < 4.78 is 0. The summed E-state index contributed by atoms with van der Waals surface area (Å²) in [6.45, 7) is 3.71. The van der Waals surface area contributed by atoms with Crippen molar-refractivity contribution in [3.63, 3.8) is 0 Å². The summed E-state index contributed by atoms with van der Waals surface area (Å²) in [7, 11) is 0. The molecular weight excluding hydrogens is 260 g/mol. The maximum absolute atomic E-state index is 12.2. The fraction of sp³-hybridized carbons (Fsp3) is 0.429. The zero-order valence-corrected chi connectivity index (χ0v) is 11.3. The van der Waals surface area contributed by atoms with E-state index in [1.54, 1.807) is 24.0 Å². The molecule has 1 aromatic rings. The van der Waals surface area contributed by atoms with Crippen molar-refractivity contribution in [1.29, 1.82) is 0 Å². The van der Waals surface area contributed by atoms with Gasteiger partial charge in [-0.2, -0.15) is 0 Å². The number of carboxylic acid groups (broad SMARTS) is 1. The first kappa shape index (κ1) is 14.3. The van der Waals surface area contributed by atoms with E-state index in [2.05, 4.69) is 0 Å². The van der Waals surface area contributed by atoms with Crippen molar-refractivity contribution >= 4 is 11.9 Å². The molecule has 6 nitrogen and oxygen atoms in total. The van der Waals surface area contributed by atoms with Crippen molar-refractivity contribution in [1.82, 2.24) is 9.80 Å². The van der Waals surface area contributed by atoms with Crippen LogP contribution in [0.25, 0.3) is 0 Å². The van der Waals surface area contributed by atoms with E-state index in [-0.39, 0.29) is 11.7 Å². The van der Waals surface area contributed by atoms with E-state index in [4.69, 9.17) is 5.11 Å². The van der Waals surface area contributed by atoms with E-state index in [1.165, 1.54) is 12.1 Å². The molecule has 0 aromatic heterocycles. The van der Waals surface area contributed by atoms with Crippen molar-refractivity contribution in [2.45, 2.75) is 13.0 Å². The summed E-state index contributed by atoms with van der Waals surface area (Å²) in [5.74, 6) is -0.921. The van der Waals surface area contributed by atoms with Crippen LogP contribution in [0.1, 0.15) is 17.3 Å². The molecule has 2 N–H and O–H groups in total. The van der Waals surface area contributed by atoms with Crippen molar-refractivity contribution < 1.29 is 19.8 Å². The van der Waals surface area contributed by atoms with Gasteiger partial charge in [-0.05, 0) is 25.1 Å². The molecule has 1 saturated heterocycles. The first-order chi connectivity index (χ1) is 9.49. The number of phenols is 1. The van der Waals surface area contributed by atoms with Gasteiger partial charge < -0.3 is 15.1 Å². The number of carbonyl (C=O) groups excluding carboxylic acids is 1. The SMILES string of the molecule is CC(C(=O)O)N1CCN(C(=O)c2cccc(O)c2)CC1. The van der Waals surface area contributed by atoms with Crippen LogP contribution >= 0.6 is 0 Å². The van der Waals surface area contributed by atoms with Crippen LogP contribution in [0.5, 0.6) is 5.75 Å². The second kappa shape index (κ2) is 5.92. The number of hydrogen-bond acceptors (Lipinski definition) is 4. The topological polar surface area (TPSA) is 81.1 Å². The van der Waals surface area contributed by atoms with Gasteiger partial charge in [0.25, 0.3) is 5.91 Å². The highest BCUT2D eigenvalue weighted by Crippen LogP contribution is 2.15. The van der Waals surface area contributed by atoms with Gasteiger partial charge in [0.15, 0.2) is 0 Å². The maximum atomic E-state index is 12.2. The Kier molecular flexibility index (Phi) is 4.24. The summed E-state index contributed by atoms with van der Waals surface area (Å²) in [4.78, 5) is 26.7. The zero-order chi connectivity index (χ0) is 14.7. The summed E-state index contributed by atoms with van der Waals surface area (Å²) in [5, 5.41) is 18.4. The molecule has 20 heavy (non-hydrogen) atoms. The third kappa shape index (κ3) is 3.08. The Labute approximate surface area is 117 Å². The first-order valence-electron chi connectivity index (χ1n) is 6.54. The highest BCUT2D eigenvalue weighted by Gasteiger charge is 2.27. The summed E-state index contributed by atoms with van der Waals surface area (Å²) >= 11 is 0. The monoisotopic (exact) mass is 278 g/mol. The largest absolute Gasteiger partial charge is 0.508 e. The predicted molar refractivity (Wildman–Crippen MR) is 72.7 cm³/mol. The molecule has 0 bridgehead atoms. The Balaban J connectivity index is 1.97. The minimum atomic E-state index is -0.849. The standard InChI is InChI=1S/C14H18N2O4/c1-10(14(19)20)15-5-7-16(8-6-15)13(18)11-3-2-4-12(17)9-11/h2-4,9-10,17H,5-8H2,1H3,(H,19,20). The molecule has 0 aliphatic carbocycles. The third-order valence-corrected chi connectivity index (χ3v) is 3.60. The smallest absolute Gasteiger partial charge is 0.320 e. The lowest BCUT2D eigenvalue weighted by Gasteiger charge is -2.36. The number of phenolic OH excluding ortho intramolecular Hbond substituents is 1. The van der Waals surface area contributed by atoms with Crippen molar-refractivity contribution in [2.24, 2.45) is 0 Å². The van der Waals surface area contributed by atoms with Crippen LogP contribution in [0.4, 0.5) is 0 Å². The second-order valence-electron chi connectivity index (χ2n) is 4.89. The average Bonchev–Trinajstić information content (AvgIpc) is 2.46. The van der Waals surface area contributed by atoms with E-state index >= 15 is 0 Å². The van der Waals surface area contributed by atoms with Gasteiger partial charge >= 0.3 is 5.97 Å². The lowest BCUT2D eigenvalue weighted by Crippen LogP contribution is -2.53. The number of benzene rings is 1. The Bertz CT molecular complexity index is 510. The quantitative estimate of drug-likeness (QED) is 0.847. The molecule has 0 spiro atoms.